The van der Waals surface area contributed by atoms with Crippen LogP contribution in [0.25, 0.3) is 4.85 Å². The summed E-state index contributed by atoms with van der Waals surface area (Å²) in [5, 5.41) is 16.7. The first-order valence-corrected chi connectivity index (χ1v) is 13.6. The van der Waals surface area contributed by atoms with Crippen molar-refractivity contribution in [2.75, 3.05) is 6.54 Å². The zero-order valence-electron chi connectivity index (χ0n) is 24.0. The van der Waals surface area contributed by atoms with E-state index in [2.05, 4.69) is 20.8 Å². The Hall–Kier alpha value is -4.42. The molecule has 218 valence electrons. The van der Waals surface area contributed by atoms with Gasteiger partial charge in [-0.15, -0.1) is 11.3 Å². The number of thiophene rings is 1. The number of alkyl carbamates (subject to hydrolysis) is 1. The number of hydrogen-bond acceptors (Lipinski definition) is 8. The monoisotopic (exact) mass is 581 g/mol. The summed E-state index contributed by atoms with van der Waals surface area (Å²) in [6, 6.07) is 11.8. The third-order valence-electron chi connectivity index (χ3n) is 5.23. The van der Waals surface area contributed by atoms with Crippen LogP contribution >= 0.6 is 11.3 Å². The van der Waals surface area contributed by atoms with E-state index in [1.54, 1.807) is 77.9 Å². The molecule has 1 unspecified atom stereocenters. The quantitative estimate of drug-likeness (QED) is 0.282. The highest BCUT2D eigenvalue weighted by Gasteiger charge is 2.44. The molecule has 1 aromatic heterocycles. The number of esters is 1. The molecule has 0 aliphatic carbocycles. The Morgan fingerprint density at radius 3 is 2.27 bits per heavy atom. The van der Waals surface area contributed by atoms with Gasteiger partial charge in [0, 0.05) is 11.3 Å². The minimum atomic E-state index is -1.93. The van der Waals surface area contributed by atoms with Crippen LogP contribution in [0.1, 0.15) is 63.3 Å². The van der Waals surface area contributed by atoms with E-state index in [4.69, 9.17) is 21.3 Å². The van der Waals surface area contributed by atoms with Crippen molar-refractivity contribution in [3.8, 4) is 6.07 Å². The maximum atomic E-state index is 13.8. The Kier molecular flexibility index (Phi) is 11.0. The number of carbonyl (C=O) groups is 4. The number of amides is 3. The number of hydrogen-bond donors (Lipinski definition) is 3. The molecule has 0 saturated carbocycles. The molecule has 0 spiro atoms. The second-order valence-corrected chi connectivity index (χ2v) is 12.4. The molecule has 0 saturated heterocycles. The standard InChI is InChI=1S/C29H35N5O6S/c1-27(2,3)39-24(36)15-29(34-26(38)40-28(4,5)6,14-19-9-8-10-20(13-19)31-7)25(37)33-18-23(35)32-17-22-12-11-21(16-30)41-22/h8-13H,14-15,17-18H2,1-6H3,(H,32,35)(H,33,37)(H,34,38). The van der Waals surface area contributed by atoms with E-state index in [1.165, 1.54) is 11.3 Å². The highest BCUT2D eigenvalue weighted by atomic mass is 32.1. The average molecular weight is 582 g/mol. The molecular formula is C29H35N5O6S. The molecule has 2 aromatic rings. The molecule has 0 aliphatic rings. The molecule has 0 bridgehead atoms. The zero-order chi connectivity index (χ0) is 30.8. The number of nitrogens with one attached hydrogen (secondary N) is 3. The Bertz CT molecular complexity index is 1330. The first-order chi connectivity index (χ1) is 19.0. The summed E-state index contributed by atoms with van der Waals surface area (Å²) in [5.74, 6) is -2.11. The second-order valence-electron chi connectivity index (χ2n) is 11.3. The summed E-state index contributed by atoms with van der Waals surface area (Å²) in [4.78, 5) is 57.0. The minimum Gasteiger partial charge on any atom is -0.460 e. The van der Waals surface area contributed by atoms with Crippen molar-refractivity contribution in [2.45, 2.75) is 77.7 Å². The van der Waals surface area contributed by atoms with Crippen molar-refractivity contribution in [1.82, 2.24) is 16.0 Å². The molecule has 11 nitrogen and oxygen atoms in total. The Labute approximate surface area is 244 Å². The maximum Gasteiger partial charge on any atom is 0.408 e. The van der Waals surface area contributed by atoms with Gasteiger partial charge in [-0.3, -0.25) is 14.4 Å². The predicted octanol–water partition coefficient (Wildman–Crippen LogP) is 4.14. The number of ether oxygens (including phenoxy) is 2. The van der Waals surface area contributed by atoms with Gasteiger partial charge in [-0.05, 0) is 53.7 Å². The summed E-state index contributed by atoms with van der Waals surface area (Å²) in [5.41, 5.74) is -2.92. The third-order valence-corrected chi connectivity index (χ3v) is 6.22. The van der Waals surface area contributed by atoms with Gasteiger partial charge in [-0.25, -0.2) is 9.64 Å². The average Bonchev–Trinajstić information content (AvgIpc) is 3.31. The molecule has 41 heavy (non-hydrogen) atoms. The first kappa shape index (κ1) is 32.8. The number of rotatable bonds is 10. The van der Waals surface area contributed by atoms with Gasteiger partial charge >= 0.3 is 12.1 Å². The van der Waals surface area contributed by atoms with E-state index in [-0.39, 0.29) is 13.0 Å². The van der Waals surface area contributed by atoms with Gasteiger partial charge in [0.2, 0.25) is 11.8 Å². The molecule has 0 aliphatic heterocycles. The lowest BCUT2D eigenvalue weighted by Gasteiger charge is -2.34. The van der Waals surface area contributed by atoms with Crippen LogP contribution in [-0.2, 0) is 36.8 Å². The summed E-state index contributed by atoms with van der Waals surface area (Å²) in [7, 11) is 0. The van der Waals surface area contributed by atoms with Gasteiger partial charge in [0.05, 0.1) is 26.1 Å². The van der Waals surface area contributed by atoms with E-state index < -0.39 is 53.6 Å². The Balaban J connectivity index is 2.37. The molecule has 0 radical (unpaired) electrons. The lowest BCUT2D eigenvalue weighted by atomic mass is 9.86. The maximum absolute atomic E-state index is 13.8. The fraction of sp³-hybridized carbons (Fsp3) is 0.448. The van der Waals surface area contributed by atoms with E-state index in [9.17, 15) is 19.2 Å². The molecule has 0 fully saturated rings. The fourth-order valence-corrected chi connectivity index (χ4v) is 4.43. The zero-order valence-corrected chi connectivity index (χ0v) is 24.9. The van der Waals surface area contributed by atoms with E-state index in [0.29, 0.717) is 16.1 Å². The number of nitriles is 1. The molecular weight excluding hydrogens is 546 g/mol. The number of benzene rings is 1. The highest BCUT2D eigenvalue weighted by molar-refractivity contribution is 7.12. The van der Waals surface area contributed by atoms with E-state index >= 15 is 0 Å². The van der Waals surface area contributed by atoms with Crippen LogP contribution in [0.15, 0.2) is 36.4 Å². The van der Waals surface area contributed by atoms with Crippen molar-refractivity contribution in [2.24, 2.45) is 0 Å². The van der Waals surface area contributed by atoms with Gasteiger partial charge < -0.3 is 25.4 Å². The van der Waals surface area contributed by atoms with Gasteiger partial charge in [-0.2, -0.15) is 5.26 Å². The second kappa shape index (κ2) is 13.8. The summed E-state index contributed by atoms with van der Waals surface area (Å²) in [6.45, 7) is 17.0. The van der Waals surface area contributed by atoms with Crippen molar-refractivity contribution in [3.63, 3.8) is 0 Å². The van der Waals surface area contributed by atoms with Crippen molar-refractivity contribution in [3.05, 3.63) is 63.1 Å². The lowest BCUT2D eigenvalue weighted by Crippen LogP contribution is -2.62. The predicted molar refractivity (Wildman–Crippen MR) is 153 cm³/mol. The van der Waals surface area contributed by atoms with Crippen LogP contribution in [-0.4, -0.2) is 47.2 Å². The SMILES string of the molecule is [C-]#[N+]c1cccc(CC(CC(=O)OC(C)(C)C)(NC(=O)OC(C)(C)C)C(=O)NCC(=O)NCc2ccc(C#N)s2)c1. The van der Waals surface area contributed by atoms with Crippen LogP contribution in [0.2, 0.25) is 0 Å². The molecule has 3 amide bonds. The topological polar surface area (TPSA) is 151 Å². The van der Waals surface area contributed by atoms with Crippen LogP contribution in [0.4, 0.5) is 10.5 Å². The van der Waals surface area contributed by atoms with Crippen LogP contribution < -0.4 is 16.0 Å². The lowest BCUT2D eigenvalue weighted by molar-refractivity contribution is -0.158. The first-order valence-electron chi connectivity index (χ1n) is 12.8. The van der Waals surface area contributed by atoms with E-state index in [1.807, 2.05) is 6.07 Å². The summed E-state index contributed by atoms with van der Waals surface area (Å²) in [6.07, 6.45) is -1.73. The normalized spacial score (nSPS) is 12.6. The van der Waals surface area contributed by atoms with Crippen molar-refractivity contribution < 1.29 is 28.7 Å². The third kappa shape index (κ3) is 11.3. The molecule has 1 aromatic carbocycles. The van der Waals surface area contributed by atoms with Gasteiger partial charge in [-0.1, -0.05) is 29.8 Å². The molecule has 3 N–H and O–H groups in total. The molecule has 1 atom stereocenters. The van der Waals surface area contributed by atoms with Crippen LogP contribution in [0.5, 0.6) is 0 Å². The molecule has 1 heterocycles. The Morgan fingerprint density at radius 1 is 1.00 bits per heavy atom. The Morgan fingerprint density at radius 2 is 1.68 bits per heavy atom. The largest absolute Gasteiger partial charge is 0.460 e. The number of carbonyl (C=O) groups excluding carboxylic acids is 4. The molecule has 12 heteroatoms. The fourth-order valence-electron chi connectivity index (χ4n) is 3.69. The van der Waals surface area contributed by atoms with Crippen LogP contribution in [0.3, 0.4) is 0 Å². The van der Waals surface area contributed by atoms with Gasteiger partial charge in [0.15, 0.2) is 5.69 Å². The molecule has 2 rings (SSSR count). The number of nitrogens with zero attached hydrogens (tertiary/aromatic N) is 2. The van der Waals surface area contributed by atoms with Crippen molar-refractivity contribution in [1.29, 1.82) is 5.26 Å². The minimum absolute atomic E-state index is 0.156. The van der Waals surface area contributed by atoms with E-state index in [0.717, 1.165) is 4.88 Å². The van der Waals surface area contributed by atoms with Gasteiger partial charge in [0.25, 0.3) is 0 Å². The highest BCUT2D eigenvalue weighted by Crippen LogP contribution is 2.25. The smallest absolute Gasteiger partial charge is 0.408 e. The summed E-state index contributed by atoms with van der Waals surface area (Å²) >= 11 is 1.23. The summed E-state index contributed by atoms with van der Waals surface area (Å²) < 4.78 is 10.9. The van der Waals surface area contributed by atoms with Crippen LogP contribution in [0, 0.1) is 17.9 Å². The van der Waals surface area contributed by atoms with Gasteiger partial charge in [0.1, 0.15) is 27.7 Å². The van der Waals surface area contributed by atoms with Crippen molar-refractivity contribution >= 4 is 40.9 Å².